The summed E-state index contributed by atoms with van der Waals surface area (Å²) >= 11 is 0. The summed E-state index contributed by atoms with van der Waals surface area (Å²) < 4.78 is 12.8. The quantitative estimate of drug-likeness (QED) is 0.915. The Labute approximate surface area is 110 Å². The van der Waals surface area contributed by atoms with E-state index >= 15 is 0 Å². The van der Waals surface area contributed by atoms with Crippen LogP contribution in [0.3, 0.4) is 0 Å². The number of hydrogen-bond acceptors (Lipinski definition) is 4. The van der Waals surface area contributed by atoms with Crippen molar-refractivity contribution in [2.24, 2.45) is 0 Å². The van der Waals surface area contributed by atoms with Crippen LogP contribution in [0, 0.1) is 17.1 Å². The molecule has 2 aromatic rings. The minimum absolute atomic E-state index is 0.268. The highest BCUT2D eigenvalue weighted by Gasteiger charge is 2.10. The molecule has 1 aromatic carbocycles. The summed E-state index contributed by atoms with van der Waals surface area (Å²) in [6, 6.07) is 9.82. The lowest BCUT2D eigenvalue weighted by Crippen LogP contribution is -2.19. The molecule has 2 N–H and O–H groups in total. The van der Waals surface area contributed by atoms with Gasteiger partial charge in [0.25, 0.3) is 0 Å². The molecule has 2 rings (SSSR count). The average molecular weight is 256 g/mol. The maximum Gasteiger partial charge on any atom is 0.153 e. The Morgan fingerprint density at radius 2 is 2.00 bits per heavy atom. The Kier molecular flexibility index (Phi) is 3.62. The van der Waals surface area contributed by atoms with E-state index in [2.05, 4.69) is 4.98 Å². The number of anilines is 2. The number of nitriles is 1. The number of nitrogens with zero attached hydrogens (tertiary/aromatic N) is 3. The number of nitrogen functional groups attached to an aromatic ring is 1. The van der Waals surface area contributed by atoms with Crippen LogP contribution in [-0.4, -0.2) is 12.0 Å². The fourth-order valence-electron chi connectivity index (χ4n) is 1.80. The maximum atomic E-state index is 12.8. The average Bonchev–Trinajstić information content (AvgIpc) is 2.41. The van der Waals surface area contributed by atoms with E-state index < -0.39 is 0 Å². The Bertz CT molecular complexity index is 616. The van der Waals surface area contributed by atoms with Crippen LogP contribution >= 0.6 is 0 Å². The molecule has 5 heteroatoms. The van der Waals surface area contributed by atoms with Gasteiger partial charge in [0, 0.05) is 19.8 Å². The van der Waals surface area contributed by atoms with Gasteiger partial charge in [0.1, 0.15) is 11.9 Å². The van der Waals surface area contributed by atoms with Crippen LogP contribution in [0.1, 0.15) is 11.1 Å². The van der Waals surface area contributed by atoms with E-state index in [1.54, 1.807) is 24.4 Å². The molecule has 96 valence electrons. The van der Waals surface area contributed by atoms with Crippen molar-refractivity contribution < 1.29 is 4.39 Å². The zero-order valence-electron chi connectivity index (χ0n) is 10.5. The predicted octanol–water partition coefficient (Wildman–Crippen LogP) is 2.31. The molecule has 0 bridgehead atoms. The van der Waals surface area contributed by atoms with Crippen molar-refractivity contribution in [3.63, 3.8) is 0 Å². The lowest BCUT2D eigenvalue weighted by Gasteiger charge is -2.20. The van der Waals surface area contributed by atoms with Gasteiger partial charge in [-0.2, -0.15) is 5.26 Å². The number of hydrogen-bond donors (Lipinski definition) is 1. The van der Waals surface area contributed by atoms with Crippen molar-refractivity contribution in [1.29, 1.82) is 5.26 Å². The lowest BCUT2D eigenvalue weighted by molar-refractivity contribution is 0.627. The van der Waals surface area contributed by atoms with Crippen LogP contribution in [0.25, 0.3) is 0 Å². The number of benzene rings is 1. The predicted molar refractivity (Wildman–Crippen MR) is 71.9 cm³/mol. The molecule has 0 saturated heterocycles. The van der Waals surface area contributed by atoms with Gasteiger partial charge in [-0.25, -0.2) is 9.37 Å². The monoisotopic (exact) mass is 256 g/mol. The van der Waals surface area contributed by atoms with Gasteiger partial charge in [-0.05, 0) is 23.8 Å². The molecule has 19 heavy (non-hydrogen) atoms. The molecular weight excluding hydrogens is 243 g/mol. The van der Waals surface area contributed by atoms with Gasteiger partial charge in [0.05, 0.1) is 11.3 Å². The summed E-state index contributed by atoms with van der Waals surface area (Å²) in [6.07, 6.45) is 1.55. The highest BCUT2D eigenvalue weighted by atomic mass is 19.1. The first-order valence-electron chi connectivity index (χ1n) is 5.72. The first-order valence-corrected chi connectivity index (χ1v) is 5.72. The van der Waals surface area contributed by atoms with E-state index in [9.17, 15) is 4.39 Å². The normalized spacial score (nSPS) is 9.95. The largest absolute Gasteiger partial charge is 0.395 e. The fraction of sp³-hybridized carbons (Fsp3) is 0.143. The second-order valence-corrected chi connectivity index (χ2v) is 4.19. The van der Waals surface area contributed by atoms with Crippen molar-refractivity contribution in [2.45, 2.75) is 6.54 Å². The van der Waals surface area contributed by atoms with Gasteiger partial charge in [0.15, 0.2) is 5.82 Å². The third-order valence-electron chi connectivity index (χ3n) is 2.78. The van der Waals surface area contributed by atoms with E-state index in [4.69, 9.17) is 11.0 Å². The van der Waals surface area contributed by atoms with Crippen molar-refractivity contribution in [3.8, 4) is 6.07 Å². The second-order valence-electron chi connectivity index (χ2n) is 4.19. The molecular formula is C14H13FN4. The van der Waals surface area contributed by atoms with Crippen LogP contribution in [0.4, 0.5) is 15.9 Å². The summed E-state index contributed by atoms with van der Waals surface area (Å²) in [7, 11) is 1.82. The van der Waals surface area contributed by atoms with E-state index in [-0.39, 0.29) is 5.82 Å². The lowest BCUT2D eigenvalue weighted by atomic mass is 10.2. The van der Waals surface area contributed by atoms with E-state index in [1.807, 2.05) is 18.0 Å². The highest BCUT2D eigenvalue weighted by Crippen LogP contribution is 2.23. The molecule has 0 unspecified atom stereocenters. The van der Waals surface area contributed by atoms with Gasteiger partial charge < -0.3 is 10.6 Å². The molecule has 0 aliphatic rings. The molecule has 1 heterocycles. The Morgan fingerprint density at radius 1 is 1.32 bits per heavy atom. The van der Waals surface area contributed by atoms with Gasteiger partial charge in [-0.1, -0.05) is 12.1 Å². The molecule has 0 radical (unpaired) electrons. The molecule has 0 amide bonds. The van der Waals surface area contributed by atoms with Crippen LogP contribution < -0.4 is 10.6 Å². The topological polar surface area (TPSA) is 65.9 Å². The number of halogens is 1. The number of pyridine rings is 1. The van der Waals surface area contributed by atoms with Crippen LogP contribution in [0.2, 0.25) is 0 Å². The smallest absolute Gasteiger partial charge is 0.153 e. The Morgan fingerprint density at radius 3 is 2.63 bits per heavy atom. The fourth-order valence-corrected chi connectivity index (χ4v) is 1.80. The van der Waals surface area contributed by atoms with Crippen molar-refractivity contribution in [1.82, 2.24) is 4.98 Å². The Hall–Kier alpha value is -2.61. The summed E-state index contributed by atoms with van der Waals surface area (Å²) in [6.45, 7) is 0.534. The minimum atomic E-state index is -0.268. The number of rotatable bonds is 3. The number of nitrogens with two attached hydrogens (primary N) is 1. The first-order chi connectivity index (χ1) is 9.11. The summed E-state index contributed by atoms with van der Waals surface area (Å²) in [4.78, 5) is 6.00. The molecule has 0 saturated carbocycles. The van der Waals surface area contributed by atoms with Crippen molar-refractivity contribution in [2.75, 3.05) is 17.7 Å². The third-order valence-corrected chi connectivity index (χ3v) is 2.78. The standard InChI is InChI=1S/C14H13FN4/c1-19(9-10-2-4-12(15)5-3-10)14-13(17)11(8-16)6-7-18-14/h2-7H,9,17H2,1H3. The van der Waals surface area contributed by atoms with E-state index in [1.165, 1.54) is 12.1 Å². The Balaban J connectivity index is 2.23. The first kappa shape index (κ1) is 12.8. The molecule has 0 atom stereocenters. The van der Waals surface area contributed by atoms with Crippen LogP contribution in [0.5, 0.6) is 0 Å². The number of aromatic nitrogens is 1. The van der Waals surface area contributed by atoms with Gasteiger partial charge in [-0.15, -0.1) is 0 Å². The van der Waals surface area contributed by atoms with Gasteiger partial charge in [0.2, 0.25) is 0 Å². The zero-order valence-corrected chi connectivity index (χ0v) is 10.5. The minimum Gasteiger partial charge on any atom is -0.395 e. The van der Waals surface area contributed by atoms with E-state index in [0.29, 0.717) is 23.6 Å². The molecule has 0 spiro atoms. The SMILES string of the molecule is CN(Cc1ccc(F)cc1)c1nccc(C#N)c1N. The molecule has 0 fully saturated rings. The molecule has 4 nitrogen and oxygen atoms in total. The van der Waals surface area contributed by atoms with Crippen LogP contribution in [0.15, 0.2) is 36.5 Å². The van der Waals surface area contributed by atoms with Gasteiger partial charge >= 0.3 is 0 Å². The molecule has 0 aliphatic carbocycles. The van der Waals surface area contributed by atoms with E-state index in [0.717, 1.165) is 5.56 Å². The second kappa shape index (κ2) is 5.36. The molecule has 0 aliphatic heterocycles. The third kappa shape index (κ3) is 2.80. The maximum absolute atomic E-state index is 12.8. The van der Waals surface area contributed by atoms with Crippen molar-refractivity contribution >= 4 is 11.5 Å². The highest BCUT2D eigenvalue weighted by molar-refractivity contribution is 5.69. The van der Waals surface area contributed by atoms with Gasteiger partial charge in [-0.3, -0.25) is 0 Å². The zero-order chi connectivity index (χ0) is 13.8. The summed E-state index contributed by atoms with van der Waals surface area (Å²) in [5, 5.41) is 8.93. The summed E-state index contributed by atoms with van der Waals surface area (Å²) in [5.74, 6) is 0.277. The molecule has 1 aromatic heterocycles. The summed E-state index contributed by atoms with van der Waals surface area (Å²) in [5.41, 5.74) is 7.58. The van der Waals surface area contributed by atoms with Crippen molar-refractivity contribution in [3.05, 3.63) is 53.5 Å². The van der Waals surface area contributed by atoms with Crippen LogP contribution in [-0.2, 0) is 6.54 Å².